The van der Waals surface area contributed by atoms with Crippen molar-refractivity contribution in [3.05, 3.63) is 126 Å². The van der Waals surface area contributed by atoms with E-state index in [2.05, 4.69) is 5.32 Å². The van der Waals surface area contributed by atoms with E-state index in [1.54, 1.807) is 7.11 Å². The summed E-state index contributed by atoms with van der Waals surface area (Å²) in [6, 6.07) is 35.6. The van der Waals surface area contributed by atoms with Crippen LogP contribution >= 0.6 is 0 Å². The lowest BCUT2D eigenvalue weighted by Crippen LogP contribution is -2.25. The van der Waals surface area contributed by atoms with E-state index in [1.807, 2.05) is 115 Å². The average molecular weight is 447 g/mol. The van der Waals surface area contributed by atoms with Crippen molar-refractivity contribution in [2.45, 2.75) is 12.0 Å². The molecule has 4 aromatic rings. The van der Waals surface area contributed by atoms with Crippen molar-refractivity contribution >= 4 is 28.3 Å². The van der Waals surface area contributed by atoms with Crippen LogP contribution < -0.4 is 10.1 Å². The van der Waals surface area contributed by atoms with E-state index < -0.39 is 5.60 Å². The van der Waals surface area contributed by atoms with Gasteiger partial charge in [-0.3, -0.25) is 4.99 Å². The summed E-state index contributed by atoms with van der Waals surface area (Å²) in [4.78, 5) is 4.86. The quantitative estimate of drug-likeness (QED) is 0.339. The fourth-order valence-corrected chi connectivity index (χ4v) is 4.30. The van der Waals surface area contributed by atoms with Crippen LogP contribution in [0.5, 0.6) is 5.75 Å². The summed E-state index contributed by atoms with van der Waals surface area (Å²) in [6.45, 7) is 0. The van der Waals surface area contributed by atoms with E-state index >= 15 is 0 Å². The number of rotatable bonds is 6. The van der Waals surface area contributed by atoms with Crippen LogP contribution in [0.1, 0.15) is 17.5 Å². The van der Waals surface area contributed by atoms with Crippen molar-refractivity contribution in [2.75, 3.05) is 12.4 Å². The van der Waals surface area contributed by atoms with Crippen LogP contribution in [0.2, 0.25) is 0 Å². The molecule has 1 aliphatic rings. The van der Waals surface area contributed by atoms with Gasteiger partial charge < -0.3 is 15.2 Å². The Hall–Kier alpha value is -4.15. The zero-order valence-corrected chi connectivity index (χ0v) is 19.0. The minimum Gasteiger partial charge on any atom is -0.497 e. The number of hydrogen-bond donors (Lipinski definition) is 2. The van der Waals surface area contributed by atoms with Crippen LogP contribution in [0.4, 0.5) is 17.1 Å². The van der Waals surface area contributed by atoms with E-state index in [4.69, 9.17) is 9.73 Å². The third-order valence-corrected chi connectivity index (χ3v) is 6.05. The largest absolute Gasteiger partial charge is 0.497 e. The molecule has 168 valence electrons. The van der Waals surface area contributed by atoms with Crippen molar-refractivity contribution in [1.29, 1.82) is 0 Å². The summed E-state index contributed by atoms with van der Waals surface area (Å²) in [5.74, 6) is 0.826. The first-order valence-corrected chi connectivity index (χ1v) is 11.3. The molecule has 0 aliphatic heterocycles. The molecule has 4 aromatic carbocycles. The van der Waals surface area contributed by atoms with Crippen molar-refractivity contribution in [2.24, 2.45) is 4.99 Å². The highest BCUT2D eigenvalue weighted by atomic mass is 16.5. The number of anilines is 2. The average Bonchev–Trinajstić information content (AvgIpc) is 3.24. The second kappa shape index (κ2) is 9.38. The lowest BCUT2D eigenvalue weighted by atomic mass is 9.84. The van der Waals surface area contributed by atoms with Gasteiger partial charge in [0.05, 0.1) is 12.8 Å². The smallest absolute Gasteiger partial charge is 0.121 e. The number of nitrogens with one attached hydrogen (secondary N) is 1. The van der Waals surface area contributed by atoms with Gasteiger partial charge in [0.15, 0.2) is 0 Å². The maximum atomic E-state index is 11.8. The topological polar surface area (TPSA) is 53.8 Å². The summed E-state index contributed by atoms with van der Waals surface area (Å²) in [5, 5.41) is 15.2. The number of hydrogen-bond acceptors (Lipinski definition) is 4. The maximum Gasteiger partial charge on any atom is 0.121 e. The van der Waals surface area contributed by atoms with Crippen LogP contribution in [0.25, 0.3) is 5.57 Å². The van der Waals surface area contributed by atoms with Crippen molar-refractivity contribution in [3.8, 4) is 5.75 Å². The molecule has 4 heteroatoms. The molecule has 0 saturated heterocycles. The standard InChI is InChI=1S/C30H26N2O2/c1-34-28-18-16-26(17-19-28)31-24-12-14-25(15-13-24)32-27-20-29(22-8-4-2-5-9-22)30(33,21-27)23-10-6-3-7-11-23/h2-20,31,33H,21H2,1H3. The second-order valence-corrected chi connectivity index (χ2v) is 8.33. The molecule has 0 radical (unpaired) electrons. The molecule has 34 heavy (non-hydrogen) atoms. The molecule has 0 fully saturated rings. The van der Waals surface area contributed by atoms with Gasteiger partial charge >= 0.3 is 0 Å². The van der Waals surface area contributed by atoms with Gasteiger partial charge in [-0.2, -0.15) is 0 Å². The molecule has 0 amide bonds. The Morgan fingerprint density at radius 1 is 0.765 bits per heavy atom. The van der Waals surface area contributed by atoms with Crippen LogP contribution in [0.3, 0.4) is 0 Å². The monoisotopic (exact) mass is 446 g/mol. The minimum absolute atomic E-state index is 0.424. The van der Waals surface area contributed by atoms with Gasteiger partial charge in [0, 0.05) is 23.5 Å². The lowest BCUT2D eigenvalue weighted by Gasteiger charge is -2.27. The highest BCUT2D eigenvalue weighted by Gasteiger charge is 2.40. The van der Waals surface area contributed by atoms with Crippen molar-refractivity contribution < 1.29 is 9.84 Å². The maximum absolute atomic E-state index is 11.8. The van der Waals surface area contributed by atoms with Gasteiger partial charge in [0.2, 0.25) is 0 Å². The first kappa shape index (κ1) is 21.7. The van der Waals surface area contributed by atoms with Crippen LogP contribution in [-0.4, -0.2) is 17.9 Å². The summed E-state index contributed by atoms with van der Waals surface area (Å²) in [6.07, 6.45) is 2.44. The first-order valence-electron chi connectivity index (χ1n) is 11.3. The number of aliphatic hydroxyl groups is 1. The SMILES string of the molecule is COc1ccc(Nc2ccc(N=C3C=C(c4ccccc4)C(O)(c4ccccc4)C3)cc2)cc1. The second-order valence-electron chi connectivity index (χ2n) is 8.33. The predicted octanol–water partition coefficient (Wildman–Crippen LogP) is 6.89. The number of aliphatic imine (C=N–C) groups is 1. The molecule has 0 aromatic heterocycles. The molecule has 0 heterocycles. The van der Waals surface area contributed by atoms with E-state index in [-0.39, 0.29) is 0 Å². The lowest BCUT2D eigenvalue weighted by molar-refractivity contribution is 0.113. The van der Waals surface area contributed by atoms with Gasteiger partial charge in [-0.25, -0.2) is 0 Å². The first-order chi connectivity index (χ1) is 16.6. The van der Waals surface area contributed by atoms with E-state index in [0.717, 1.165) is 45.2 Å². The molecule has 2 N–H and O–H groups in total. The molecular weight excluding hydrogens is 420 g/mol. The Balaban J connectivity index is 1.41. The number of nitrogens with zero attached hydrogens (tertiary/aromatic N) is 1. The summed E-state index contributed by atoms with van der Waals surface area (Å²) < 4.78 is 5.21. The van der Waals surface area contributed by atoms with Crippen LogP contribution in [-0.2, 0) is 5.60 Å². The predicted molar refractivity (Wildman–Crippen MR) is 139 cm³/mol. The highest BCUT2D eigenvalue weighted by Crippen LogP contribution is 2.44. The molecule has 5 rings (SSSR count). The van der Waals surface area contributed by atoms with Gasteiger partial charge in [-0.15, -0.1) is 0 Å². The van der Waals surface area contributed by atoms with Gasteiger partial charge in [0.1, 0.15) is 11.4 Å². The van der Waals surface area contributed by atoms with Crippen LogP contribution in [0.15, 0.2) is 120 Å². The summed E-state index contributed by atoms with van der Waals surface area (Å²) >= 11 is 0. The Morgan fingerprint density at radius 3 is 1.97 bits per heavy atom. The molecule has 1 atom stereocenters. The fraction of sp³-hybridized carbons (Fsp3) is 0.100. The van der Waals surface area contributed by atoms with E-state index in [9.17, 15) is 5.11 Å². The third-order valence-electron chi connectivity index (χ3n) is 6.05. The third kappa shape index (κ3) is 4.49. The fourth-order valence-electron chi connectivity index (χ4n) is 4.30. The molecule has 0 spiro atoms. The van der Waals surface area contributed by atoms with Crippen molar-refractivity contribution in [1.82, 2.24) is 0 Å². The van der Waals surface area contributed by atoms with Crippen molar-refractivity contribution in [3.63, 3.8) is 0 Å². The normalized spacial score (nSPS) is 18.5. The van der Waals surface area contributed by atoms with Gasteiger partial charge in [-0.05, 0) is 71.3 Å². The van der Waals surface area contributed by atoms with Crippen LogP contribution in [0, 0.1) is 0 Å². The Bertz CT molecular complexity index is 1310. The number of benzene rings is 4. The molecule has 1 unspecified atom stereocenters. The molecule has 4 nitrogen and oxygen atoms in total. The molecule has 0 saturated carbocycles. The number of methoxy groups -OCH3 is 1. The Labute approximate surface area is 199 Å². The highest BCUT2D eigenvalue weighted by molar-refractivity contribution is 6.09. The van der Waals surface area contributed by atoms with E-state index in [0.29, 0.717) is 6.42 Å². The van der Waals surface area contributed by atoms with Gasteiger partial charge in [0.25, 0.3) is 0 Å². The Kier molecular flexibility index (Phi) is 5.98. The molecule has 0 bridgehead atoms. The summed E-state index contributed by atoms with van der Waals surface area (Å²) in [7, 11) is 1.66. The summed E-state index contributed by atoms with van der Waals surface area (Å²) in [5.41, 5.74) is 5.28. The zero-order chi connectivity index (χ0) is 23.4. The Morgan fingerprint density at radius 2 is 1.35 bits per heavy atom. The molecular formula is C30H26N2O2. The minimum atomic E-state index is -1.11. The van der Waals surface area contributed by atoms with Gasteiger partial charge in [-0.1, -0.05) is 60.7 Å². The zero-order valence-electron chi connectivity index (χ0n) is 19.0. The molecule has 1 aliphatic carbocycles. The number of ether oxygens (including phenoxy) is 1. The number of allylic oxidation sites excluding steroid dienone is 1. The van der Waals surface area contributed by atoms with E-state index in [1.165, 1.54) is 0 Å².